The van der Waals surface area contributed by atoms with Crippen molar-refractivity contribution in [3.8, 4) is 5.75 Å². The van der Waals surface area contributed by atoms with Crippen LogP contribution >= 0.6 is 23.2 Å². The Morgan fingerprint density at radius 2 is 2.24 bits per heavy atom. The molecule has 1 aliphatic carbocycles. The Labute approximate surface area is 112 Å². The van der Waals surface area contributed by atoms with Crippen molar-refractivity contribution in [1.82, 2.24) is 5.32 Å². The summed E-state index contributed by atoms with van der Waals surface area (Å²) in [5.41, 5.74) is 1.07. The number of hydrogen-bond acceptors (Lipinski definition) is 2. The van der Waals surface area contributed by atoms with Crippen LogP contribution in [0.2, 0.25) is 5.02 Å². The van der Waals surface area contributed by atoms with Crippen molar-refractivity contribution in [2.45, 2.75) is 24.8 Å². The second kappa shape index (κ2) is 5.94. The molecular weight excluding hydrogens is 257 g/mol. The Kier molecular flexibility index (Phi) is 4.55. The largest absolute Gasteiger partial charge is 0.496 e. The van der Waals surface area contributed by atoms with Crippen molar-refractivity contribution in [3.63, 3.8) is 0 Å². The first-order chi connectivity index (χ1) is 8.20. The molecule has 1 aromatic rings. The van der Waals surface area contributed by atoms with E-state index in [1.165, 1.54) is 12.8 Å². The Morgan fingerprint density at radius 1 is 1.47 bits per heavy atom. The predicted molar refractivity (Wildman–Crippen MR) is 72.1 cm³/mol. The zero-order valence-corrected chi connectivity index (χ0v) is 11.4. The molecule has 2 nitrogen and oxygen atoms in total. The third kappa shape index (κ3) is 3.77. The number of rotatable bonds is 6. The van der Waals surface area contributed by atoms with E-state index in [0.717, 1.165) is 29.4 Å². The lowest BCUT2D eigenvalue weighted by atomic mass is 10.2. The van der Waals surface area contributed by atoms with Gasteiger partial charge in [0.2, 0.25) is 0 Å². The van der Waals surface area contributed by atoms with Gasteiger partial charge in [-0.3, -0.25) is 0 Å². The second-order valence-corrected chi connectivity index (χ2v) is 5.44. The van der Waals surface area contributed by atoms with Gasteiger partial charge < -0.3 is 10.1 Å². The van der Waals surface area contributed by atoms with Crippen molar-refractivity contribution in [3.05, 3.63) is 28.8 Å². The van der Waals surface area contributed by atoms with Gasteiger partial charge in [-0.1, -0.05) is 11.6 Å². The van der Waals surface area contributed by atoms with Crippen molar-refractivity contribution in [2.75, 3.05) is 13.7 Å². The van der Waals surface area contributed by atoms with Crippen LogP contribution in [0, 0.1) is 5.92 Å². The molecule has 1 N–H and O–H groups in total. The minimum Gasteiger partial charge on any atom is -0.496 e. The number of nitrogens with one attached hydrogen (secondary N) is 1. The van der Waals surface area contributed by atoms with Gasteiger partial charge in [0, 0.05) is 29.1 Å². The normalized spacial score (nSPS) is 16.9. The summed E-state index contributed by atoms with van der Waals surface area (Å²) in [5, 5.41) is 4.33. The molecule has 4 heteroatoms. The lowest BCUT2D eigenvalue weighted by Crippen LogP contribution is -2.24. The zero-order valence-electron chi connectivity index (χ0n) is 9.88. The van der Waals surface area contributed by atoms with Gasteiger partial charge in [0.05, 0.1) is 7.11 Å². The van der Waals surface area contributed by atoms with Crippen molar-refractivity contribution in [2.24, 2.45) is 5.92 Å². The van der Waals surface area contributed by atoms with E-state index in [1.807, 2.05) is 18.2 Å². The molecule has 1 saturated carbocycles. The molecule has 0 amide bonds. The van der Waals surface area contributed by atoms with Crippen LogP contribution < -0.4 is 10.1 Å². The average Bonchev–Trinajstić information content (AvgIpc) is 3.13. The minimum absolute atomic E-state index is 0.250. The first kappa shape index (κ1) is 13.0. The molecule has 0 saturated heterocycles. The molecular formula is C13H17Cl2NO. The van der Waals surface area contributed by atoms with Crippen molar-refractivity contribution < 1.29 is 4.74 Å². The van der Waals surface area contributed by atoms with E-state index in [-0.39, 0.29) is 5.38 Å². The van der Waals surface area contributed by atoms with E-state index >= 15 is 0 Å². The van der Waals surface area contributed by atoms with Gasteiger partial charge in [-0.05, 0) is 37.0 Å². The number of methoxy groups -OCH3 is 1. The van der Waals surface area contributed by atoms with Crippen LogP contribution in [0.25, 0.3) is 0 Å². The smallest absolute Gasteiger partial charge is 0.123 e. The van der Waals surface area contributed by atoms with E-state index in [9.17, 15) is 0 Å². The number of hydrogen-bond donors (Lipinski definition) is 1. The summed E-state index contributed by atoms with van der Waals surface area (Å²) in [6, 6.07) is 5.64. The maximum Gasteiger partial charge on any atom is 0.123 e. The van der Waals surface area contributed by atoms with Crippen LogP contribution in [0.4, 0.5) is 0 Å². The zero-order chi connectivity index (χ0) is 12.3. The fraction of sp³-hybridized carbons (Fsp3) is 0.538. The van der Waals surface area contributed by atoms with Gasteiger partial charge in [-0.25, -0.2) is 0 Å². The highest BCUT2D eigenvalue weighted by atomic mass is 35.5. The molecule has 0 aliphatic heterocycles. The first-order valence-electron chi connectivity index (χ1n) is 5.88. The molecule has 0 heterocycles. The highest BCUT2D eigenvalue weighted by Crippen LogP contribution is 2.35. The van der Waals surface area contributed by atoms with E-state index in [2.05, 4.69) is 5.32 Å². The molecule has 0 bridgehead atoms. The SMILES string of the molecule is COc1ccc(Cl)cc1CNCC(Cl)C1CC1. The molecule has 1 aromatic carbocycles. The van der Waals surface area contributed by atoms with Crippen molar-refractivity contribution >= 4 is 23.2 Å². The molecule has 0 radical (unpaired) electrons. The highest BCUT2D eigenvalue weighted by Gasteiger charge is 2.29. The molecule has 0 spiro atoms. The van der Waals surface area contributed by atoms with Crippen molar-refractivity contribution in [1.29, 1.82) is 0 Å². The number of benzene rings is 1. The van der Waals surface area contributed by atoms with E-state index in [0.29, 0.717) is 5.92 Å². The Balaban J connectivity index is 1.86. The Hall–Kier alpha value is -0.440. The second-order valence-electron chi connectivity index (χ2n) is 4.44. The average molecular weight is 274 g/mol. The minimum atomic E-state index is 0.250. The fourth-order valence-electron chi connectivity index (χ4n) is 1.85. The summed E-state index contributed by atoms with van der Waals surface area (Å²) in [6.07, 6.45) is 2.55. The molecule has 0 aromatic heterocycles. The summed E-state index contributed by atoms with van der Waals surface area (Å²) < 4.78 is 5.29. The maximum absolute atomic E-state index is 6.23. The van der Waals surface area contributed by atoms with E-state index in [4.69, 9.17) is 27.9 Å². The van der Waals surface area contributed by atoms with Gasteiger partial charge in [-0.15, -0.1) is 11.6 Å². The van der Waals surface area contributed by atoms with Crippen LogP contribution in [-0.2, 0) is 6.54 Å². The number of ether oxygens (including phenoxy) is 1. The third-order valence-electron chi connectivity index (χ3n) is 3.03. The van der Waals surface area contributed by atoms with Gasteiger partial charge in [0.15, 0.2) is 0 Å². The summed E-state index contributed by atoms with van der Waals surface area (Å²) in [6.45, 7) is 1.57. The maximum atomic E-state index is 6.23. The van der Waals surface area contributed by atoms with Gasteiger partial charge in [0.1, 0.15) is 5.75 Å². The summed E-state index contributed by atoms with van der Waals surface area (Å²) in [4.78, 5) is 0. The lowest BCUT2D eigenvalue weighted by molar-refractivity contribution is 0.407. The van der Waals surface area contributed by atoms with Gasteiger partial charge in [-0.2, -0.15) is 0 Å². The summed E-state index contributed by atoms with van der Waals surface area (Å²) >= 11 is 12.2. The molecule has 17 heavy (non-hydrogen) atoms. The van der Waals surface area contributed by atoms with Crippen LogP contribution in [0.5, 0.6) is 5.75 Å². The Morgan fingerprint density at radius 3 is 2.88 bits per heavy atom. The monoisotopic (exact) mass is 273 g/mol. The number of alkyl halides is 1. The molecule has 1 aliphatic rings. The van der Waals surface area contributed by atoms with Crippen LogP contribution in [0.15, 0.2) is 18.2 Å². The predicted octanol–water partition coefficient (Wildman–Crippen LogP) is 3.46. The van der Waals surface area contributed by atoms with Crippen LogP contribution in [0.1, 0.15) is 18.4 Å². The molecule has 1 atom stereocenters. The molecule has 1 unspecified atom stereocenters. The third-order valence-corrected chi connectivity index (χ3v) is 3.78. The van der Waals surface area contributed by atoms with Crippen LogP contribution in [-0.4, -0.2) is 19.0 Å². The highest BCUT2D eigenvalue weighted by molar-refractivity contribution is 6.30. The molecule has 2 rings (SSSR count). The molecule has 94 valence electrons. The van der Waals surface area contributed by atoms with Gasteiger partial charge >= 0.3 is 0 Å². The topological polar surface area (TPSA) is 21.3 Å². The lowest BCUT2D eigenvalue weighted by Gasteiger charge is -2.12. The standard InChI is InChI=1S/C13H17Cl2NO/c1-17-13-5-4-11(14)6-10(13)7-16-8-12(15)9-2-3-9/h4-6,9,12,16H,2-3,7-8H2,1H3. The van der Waals surface area contributed by atoms with Gasteiger partial charge in [0.25, 0.3) is 0 Å². The first-order valence-corrected chi connectivity index (χ1v) is 6.69. The number of halogens is 2. The van der Waals surface area contributed by atoms with E-state index < -0.39 is 0 Å². The summed E-state index contributed by atoms with van der Waals surface area (Å²) in [5.74, 6) is 1.57. The Bertz CT molecular complexity index is 380. The summed E-state index contributed by atoms with van der Waals surface area (Å²) in [7, 11) is 1.67. The fourth-order valence-corrected chi connectivity index (χ4v) is 2.41. The quantitative estimate of drug-likeness (QED) is 0.802. The van der Waals surface area contributed by atoms with E-state index in [1.54, 1.807) is 7.11 Å². The molecule has 1 fully saturated rings. The van der Waals surface area contributed by atoms with Crippen LogP contribution in [0.3, 0.4) is 0 Å².